The third-order valence-electron chi connectivity index (χ3n) is 3.42. The van der Waals surface area contributed by atoms with Gasteiger partial charge in [0.25, 0.3) is 0 Å². The van der Waals surface area contributed by atoms with Crippen molar-refractivity contribution in [3.63, 3.8) is 0 Å². The van der Waals surface area contributed by atoms with Gasteiger partial charge in [-0.1, -0.05) is 42.5 Å². The number of fused-ring (bicyclic) bond motifs is 1. The summed E-state index contributed by atoms with van der Waals surface area (Å²) in [7, 11) is 0. The molecule has 0 aliphatic carbocycles. The lowest BCUT2D eigenvalue weighted by Gasteiger charge is -2.06. The summed E-state index contributed by atoms with van der Waals surface area (Å²) in [6.07, 6.45) is 3.98. The molecule has 0 aliphatic heterocycles. The molecule has 0 unspecified atom stereocenters. The van der Waals surface area contributed by atoms with Crippen LogP contribution in [0.1, 0.15) is 15.9 Å². The van der Waals surface area contributed by atoms with Crippen LogP contribution in [0.3, 0.4) is 0 Å². The van der Waals surface area contributed by atoms with Gasteiger partial charge in [0.1, 0.15) is 6.29 Å². The summed E-state index contributed by atoms with van der Waals surface area (Å²) in [5.74, 6) is 0. The zero-order chi connectivity index (χ0) is 13.1. The molecule has 0 aliphatic rings. The normalized spacial score (nSPS) is 10.7. The zero-order valence-corrected chi connectivity index (χ0v) is 10.6. The molecule has 0 N–H and O–H groups in total. The van der Waals surface area contributed by atoms with Crippen molar-refractivity contribution in [1.82, 2.24) is 4.57 Å². The van der Waals surface area contributed by atoms with Gasteiger partial charge in [0.15, 0.2) is 0 Å². The number of benzene rings is 2. The predicted octanol–water partition coefficient (Wildman–Crippen LogP) is 3.70. The molecule has 0 saturated heterocycles. The van der Waals surface area contributed by atoms with E-state index >= 15 is 0 Å². The van der Waals surface area contributed by atoms with E-state index in [0.717, 1.165) is 30.3 Å². The highest BCUT2D eigenvalue weighted by molar-refractivity contribution is 5.87. The second kappa shape index (κ2) is 5.11. The van der Waals surface area contributed by atoms with E-state index in [2.05, 4.69) is 41.1 Å². The molecule has 0 spiro atoms. The Hall–Kier alpha value is -2.35. The van der Waals surface area contributed by atoms with Crippen molar-refractivity contribution in [2.45, 2.75) is 13.0 Å². The van der Waals surface area contributed by atoms with Gasteiger partial charge < -0.3 is 4.57 Å². The Kier molecular flexibility index (Phi) is 3.15. The van der Waals surface area contributed by atoms with Crippen molar-refractivity contribution in [2.75, 3.05) is 0 Å². The maximum atomic E-state index is 10.9. The van der Waals surface area contributed by atoms with Gasteiger partial charge in [0.05, 0.1) is 0 Å². The lowest BCUT2D eigenvalue weighted by molar-refractivity contribution is 0.112. The molecule has 19 heavy (non-hydrogen) atoms. The fraction of sp³-hybridized carbons (Fsp3) is 0.118. The molecule has 0 fully saturated rings. The number of carbonyl (C=O) groups is 1. The average molecular weight is 249 g/mol. The van der Waals surface area contributed by atoms with Crippen LogP contribution >= 0.6 is 0 Å². The number of aryl methyl sites for hydroxylation is 2. The number of nitrogens with zero attached hydrogens (tertiary/aromatic N) is 1. The first-order valence-corrected chi connectivity index (χ1v) is 6.45. The SMILES string of the molecule is O=Cc1ccc2ccn(CCc3ccccc3)c2c1. The molecule has 0 amide bonds. The van der Waals surface area contributed by atoms with Gasteiger partial charge in [-0.2, -0.15) is 0 Å². The van der Waals surface area contributed by atoms with E-state index in [1.54, 1.807) is 0 Å². The Balaban J connectivity index is 1.86. The monoisotopic (exact) mass is 249 g/mol. The highest BCUT2D eigenvalue weighted by Crippen LogP contribution is 2.17. The fourth-order valence-corrected chi connectivity index (χ4v) is 2.36. The second-order valence-corrected chi connectivity index (χ2v) is 4.68. The van der Waals surface area contributed by atoms with Crippen LogP contribution in [0.2, 0.25) is 0 Å². The third kappa shape index (κ3) is 2.43. The van der Waals surface area contributed by atoms with Crippen LogP contribution in [0, 0.1) is 0 Å². The molecule has 2 aromatic carbocycles. The molecule has 0 radical (unpaired) electrons. The summed E-state index contributed by atoms with van der Waals surface area (Å²) in [6.45, 7) is 0.926. The van der Waals surface area contributed by atoms with E-state index in [1.807, 2.05) is 24.3 Å². The van der Waals surface area contributed by atoms with Gasteiger partial charge in [-0.3, -0.25) is 4.79 Å². The minimum atomic E-state index is 0.729. The highest BCUT2D eigenvalue weighted by atomic mass is 16.1. The molecule has 3 rings (SSSR count). The molecule has 1 aromatic heterocycles. The number of hydrogen-bond donors (Lipinski definition) is 0. The smallest absolute Gasteiger partial charge is 0.150 e. The van der Waals surface area contributed by atoms with Crippen LogP contribution in [-0.2, 0) is 13.0 Å². The van der Waals surface area contributed by atoms with Crippen LogP contribution < -0.4 is 0 Å². The first kappa shape index (κ1) is 11.7. The van der Waals surface area contributed by atoms with E-state index in [9.17, 15) is 4.79 Å². The van der Waals surface area contributed by atoms with E-state index in [0.29, 0.717) is 0 Å². The van der Waals surface area contributed by atoms with Crippen molar-refractivity contribution in [1.29, 1.82) is 0 Å². The van der Waals surface area contributed by atoms with Crippen molar-refractivity contribution in [2.24, 2.45) is 0 Å². The highest BCUT2D eigenvalue weighted by Gasteiger charge is 2.02. The first-order chi connectivity index (χ1) is 9.36. The minimum absolute atomic E-state index is 0.729. The predicted molar refractivity (Wildman–Crippen MR) is 77.5 cm³/mol. The van der Waals surface area contributed by atoms with Crippen LogP contribution in [-0.4, -0.2) is 10.9 Å². The van der Waals surface area contributed by atoms with E-state index in [1.165, 1.54) is 10.9 Å². The van der Waals surface area contributed by atoms with Gasteiger partial charge in [-0.05, 0) is 29.5 Å². The second-order valence-electron chi connectivity index (χ2n) is 4.68. The zero-order valence-electron chi connectivity index (χ0n) is 10.6. The van der Waals surface area contributed by atoms with Crippen molar-refractivity contribution >= 4 is 17.2 Å². The standard InChI is InChI=1S/C17H15NO/c19-13-15-6-7-16-9-11-18(17(16)12-15)10-8-14-4-2-1-3-5-14/h1-7,9,11-13H,8,10H2. The maximum Gasteiger partial charge on any atom is 0.150 e. The van der Waals surface area contributed by atoms with Gasteiger partial charge in [-0.25, -0.2) is 0 Å². The molecule has 1 heterocycles. The molecule has 3 aromatic rings. The summed E-state index contributed by atoms with van der Waals surface area (Å²) in [6, 6.07) is 18.3. The van der Waals surface area contributed by atoms with E-state index < -0.39 is 0 Å². The van der Waals surface area contributed by atoms with Crippen molar-refractivity contribution in [3.05, 3.63) is 71.9 Å². The Bertz CT molecular complexity index is 698. The largest absolute Gasteiger partial charge is 0.347 e. The molecular weight excluding hydrogens is 234 g/mol. The fourth-order valence-electron chi connectivity index (χ4n) is 2.36. The first-order valence-electron chi connectivity index (χ1n) is 6.45. The molecule has 94 valence electrons. The third-order valence-corrected chi connectivity index (χ3v) is 3.42. The van der Waals surface area contributed by atoms with Gasteiger partial charge >= 0.3 is 0 Å². The van der Waals surface area contributed by atoms with Crippen molar-refractivity contribution < 1.29 is 4.79 Å². The van der Waals surface area contributed by atoms with Crippen LogP contribution in [0.4, 0.5) is 0 Å². The minimum Gasteiger partial charge on any atom is -0.347 e. The molecule has 2 heteroatoms. The molecular formula is C17H15NO. The van der Waals surface area contributed by atoms with Crippen LogP contribution in [0.25, 0.3) is 10.9 Å². The average Bonchev–Trinajstić information content (AvgIpc) is 2.88. The summed E-state index contributed by atoms with van der Waals surface area (Å²) >= 11 is 0. The van der Waals surface area contributed by atoms with Gasteiger partial charge in [-0.15, -0.1) is 0 Å². The summed E-state index contributed by atoms with van der Waals surface area (Å²) in [4.78, 5) is 10.9. The number of carbonyl (C=O) groups excluding carboxylic acids is 1. The van der Waals surface area contributed by atoms with Gasteiger partial charge in [0, 0.05) is 23.8 Å². The maximum absolute atomic E-state index is 10.9. The van der Waals surface area contributed by atoms with Crippen molar-refractivity contribution in [3.8, 4) is 0 Å². The van der Waals surface area contributed by atoms with Crippen LogP contribution in [0.15, 0.2) is 60.8 Å². The summed E-state index contributed by atoms with van der Waals surface area (Å²) < 4.78 is 2.20. The summed E-state index contributed by atoms with van der Waals surface area (Å²) in [5, 5.41) is 1.18. The molecule has 0 saturated carbocycles. The number of aromatic nitrogens is 1. The summed E-state index contributed by atoms with van der Waals surface area (Å²) in [5.41, 5.74) is 3.18. The topological polar surface area (TPSA) is 22.0 Å². The van der Waals surface area contributed by atoms with Crippen LogP contribution in [0.5, 0.6) is 0 Å². The van der Waals surface area contributed by atoms with Gasteiger partial charge in [0.2, 0.25) is 0 Å². The quantitative estimate of drug-likeness (QED) is 0.646. The van der Waals surface area contributed by atoms with E-state index in [4.69, 9.17) is 0 Å². The molecule has 0 bridgehead atoms. The lowest BCUT2D eigenvalue weighted by Crippen LogP contribution is -1.99. The number of hydrogen-bond acceptors (Lipinski definition) is 1. The Labute approximate surface area is 112 Å². The van der Waals surface area contributed by atoms with E-state index in [-0.39, 0.29) is 0 Å². The molecule has 2 nitrogen and oxygen atoms in total. The Morgan fingerprint density at radius 1 is 1.00 bits per heavy atom. The number of aldehydes is 1. The number of rotatable bonds is 4. The lowest BCUT2D eigenvalue weighted by atomic mass is 10.1. The molecule has 0 atom stereocenters. The Morgan fingerprint density at radius 2 is 1.84 bits per heavy atom. The Morgan fingerprint density at radius 3 is 2.63 bits per heavy atom.